The fourth-order valence-corrected chi connectivity index (χ4v) is 5.87. The average molecular weight is 541 g/mol. The predicted octanol–water partition coefficient (Wildman–Crippen LogP) is 3.55. The maximum atomic E-state index is 13.2. The van der Waals surface area contributed by atoms with Crippen molar-refractivity contribution in [2.75, 3.05) is 46.7 Å². The molecule has 1 aromatic heterocycles. The fraction of sp³-hybridized carbons (Fsp3) is 0.393. The average Bonchev–Trinajstić information content (AvgIpc) is 2.85. The van der Waals surface area contributed by atoms with Crippen molar-refractivity contribution in [3.05, 3.63) is 59.2 Å². The SMILES string of the molecule is COc1cc(C)c(S(=O)(=O)N(C)CC(=O)CCC(=O)N(C)Cc2ccc3nc(N(C)C)ccc3c2)c(C)c1. The van der Waals surface area contributed by atoms with Gasteiger partial charge in [0.2, 0.25) is 15.9 Å². The standard InChI is InChI=1S/C28H36N4O5S/c1-19-14-24(37-7)15-20(2)28(19)38(35,36)32(6)18-23(33)10-13-27(34)31(5)17-21-8-11-25-22(16-21)9-12-26(29-25)30(3)4/h8-9,11-12,14-16H,10,13,17-18H2,1-7H3. The summed E-state index contributed by atoms with van der Waals surface area (Å²) < 4.78 is 32.6. The van der Waals surface area contributed by atoms with Crippen molar-refractivity contribution in [3.63, 3.8) is 0 Å². The summed E-state index contributed by atoms with van der Waals surface area (Å²) in [6.07, 6.45) is -0.0380. The zero-order chi connectivity index (χ0) is 28.2. The summed E-state index contributed by atoms with van der Waals surface area (Å²) in [5.74, 6) is 0.927. The topological polar surface area (TPSA) is 100 Å². The van der Waals surface area contributed by atoms with Crippen LogP contribution in [0.15, 0.2) is 47.4 Å². The molecule has 0 saturated carbocycles. The number of methoxy groups -OCH3 is 1. The Morgan fingerprint density at radius 3 is 2.18 bits per heavy atom. The normalized spacial score (nSPS) is 11.6. The molecule has 0 fully saturated rings. The highest BCUT2D eigenvalue weighted by molar-refractivity contribution is 7.89. The second kappa shape index (κ2) is 11.9. The Hall–Kier alpha value is -3.50. The molecule has 0 atom stereocenters. The Morgan fingerprint density at radius 1 is 0.921 bits per heavy atom. The molecule has 3 aromatic rings. The Balaban J connectivity index is 1.57. The minimum atomic E-state index is -3.89. The summed E-state index contributed by atoms with van der Waals surface area (Å²) in [4.78, 5) is 33.6. The van der Waals surface area contributed by atoms with E-state index in [2.05, 4.69) is 4.98 Å². The Labute approximate surface area is 225 Å². The lowest BCUT2D eigenvalue weighted by molar-refractivity contribution is -0.132. The van der Waals surface area contributed by atoms with Gasteiger partial charge in [-0.3, -0.25) is 9.59 Å². The molecule has 1 amide bonds. The Kier molecular flexibility index (Phi) is 9.11. The first-order valence-corrected chi connectivity index (χ1v) is 13.7. The third-order valence-corrected chi connectivity index (χ3v) is 8.51. The number of Topliss-reactive ketones (excluding diaryl/α,β-unsaturated/α-hetero) is 1. The number of benzene rings is 2. The molecule has 9 nitrogen and oxygen atoms in total. The van der Waals surface area contributed by atoms with Crippen LogP contribution in [0, 0.1) is 13.8 Å². The molecule has 0 aliphatic rings. The quantitative estimate of drug-likeness (QED) is 0.367. The number of amides is 1. The highest BCUT2D eigenvalue weighted by Crippen LogP contribution is 2.28. The molecule has 204 valence electrons. The van der Waals surface area contributed by atoms with Gasteiger partial charge in [0.1, 0.15) is 17.4 Å². The number of aryl methyl sites for hydroxylation is 2. The van der Waals surface area contributed by atoms with Gasteiger partial charge in [-0.25, -0.2) is 13.4 Å². The van der Waals surface area contributed by atoms with Crippen LogP contribution in [0.3, 0.4) is 0 Å². The van der Waals surface area contributed by atoms with E-state index in [0.29, 0.717) is 23.4 Å². The number of ketones is 1. The lowest BCUT2D eigenvalue weighted by Gasteiger charge is -2.21. The number of rotatable bonds is 11. The lowest BCUT2D eigenvalue weighted by Crippen LogP contribution is -2.34. The molecule has 3 rings (SSSR count). The van der Waals surface area contributed by atoms with E-state index in [4.69, 9.17) is 4.74 Å². The van der Waals surface area contributed by atoms with Gasteiger partial charge in [0, 0.05) is 53.0 Å². The van der Waals surface area contributed by atoms with Crippen LogP contribution in [0.25, 0.3) is 10.9 Å². The van der Waals surface area contributed by atoms with E-state index in [0.717, 1.165) is 26.6 Å². The summed E-state index contributed by atoms with van der Waals surface area (Å²) in [6.45, 7) is 3.47. The molecule has 0 N–H and O–H groups in total. The van der Waals surface area contributed by atoms with Crippen molar-refractivity contribution < 1.29 is 22.7 Å². The van der Waals surface area contributed by atoms with Crippen LogP contribution in [0.1, 0.15) is 29.5 Å². The zero-order valence-corrected chi connectivity index (χ0v) is 23.9. The van der Waals surface area contributed by atoms with E-state index in [-0.39, 0.29) is 36.0 Å². The number of ether oxygens (including phenoxy) is 1. The number of fused-ring (bicyclic) bond motifs is 1. The maximum Gasteiger partial charge on any atom is 0.243 e. The lowest BCUT2D eigenvalue weighted by atomic mass is 10.1. The van der Waals surface area contributed by atoms with Gasteiger partial charge in [0.05, 0.1) is 24.1 Å². The van der Waals surface area contributed by atoms with E-state index < -0.39 is 10.0 Å². The molecule has 0 spiro atoms. The minimum Gasteiger partial charge on any atom is -0.497 e. The number of hydrogen-bond donors (Lipinski definition) is 0. The number of anilines is 1. The van der Waals surface area contributed by atoms with Gasteiger partial charge in [-0.15, -0.1) is 0 Å². The van der Waals surface area contributed by atoms with Crippen LogP contribution in [-0.2, 0) is 26.2 Å². The van der Waals surface area contributed by atoms with Gasteiger partial charge in [0.25, 0.3) is 0 Å². The number of carbonyl (C=O) groups excluding carboxylic acids is 2. The molecule has 38 heavy (non-hydrogen) atoms. The molecule has 0 saturated heterocycles. The summed E-state index contributed by atoms with van der Waals surface area (Å²) in [5.41, 5.74) is 2.91. The minimum absolute atomic E-state index is 0.00510. The van der Waals surface area contributed by atoms with Gasteiger partial charge in [-0.05, 0) is 66.9 Å². The number of pyridine rings is 1. The van der Waals surface area contributed by atoms with Gasteiger partial charge < -0.3 is 14.5 Å². The fourth-order valence-electron chi connectivity index (χ4n) is 4.31. The molecule has 0 aliphatic carbocycles. The number of nitrogens with zero attached hydrogens (tertiary/aromatic N) is 4. The van der Waals surface area contributed by atoms with E-state index in [1.54, 1.807) is 37.9 Å². The molecular weight excluding hydrogens is 504 g/mol. The Morgan fingerprint density at radius 2 is 1.58 bits per heavy atom. The highest BCUT2D eigenvalue weighted by atomic mass is 32.2. The summed E-state index contributed by atoms with van der Waals surface area (Å²) in [5, 5.41) is 0.982. The van der Waals surface area contributed by atoms with Gasteiger partial charge in [-0.2, -0.15) is 4.31 Å². The monoisotopic (exact) mass is 540 g/mol. The molecule has 0 aliphatic heterocycles. The first-order valence-electron chi connectivity index (χ1n) is 12.3. The van der Waals surface area contributed by atoms with Crippen LogP contribution < -0.4 is 9.64 Å². The first-order chi connectivity index (χ1) is 17.8. The molecule has 0 bridgehead atoms. The Bertz CT molecular complexity index is 1430. The number of aromatic nitrogens is 1. The van der Waals surface area contributed by atoms with E-state index >= 15 is 0 Å². The van der Waals surface area contributed by atoms with Crippen molar-refractivity contribution in [2.24, 2.45) is 0 Å². The van der Waals surface area contributed by atoms with Crippen LogP contribution in [0.5, 0.6) is 5.75 Å². The van der Waals surface area contributed by atoms with Crippen molar-refractivity contribution >= 4 is 38.4 Å². The molecule has 1 heterocycles. The number of carbonyl (C=O) groups is 2. The summed E-state index contributed by atoms with van der Waals surface area (Å²) in [6, 6.07) is 13.1. The van der Waals surface area contributed by atoms with Crippen molar-refractivity contribution in [3.8, 4) is 5.75 Å². The number of sulfonamides is 1. The van der Waals surface area contributed by atoms with Crippen molar-refractivity contribution in [2.45, 2.75) is 38.1 Å². The zero-order valence-electron chi connectivity index (χ0n) is 23.1. The van der Waals surface area contributed by atoms with Crippen molar-refractivity contribution in [1.82, 2.24) is 14.2 Å². The third-order valence-electron chi connectivity index (χ3n) is 6.40. The predicted molar refractivity (Wildman–Crippen MR) is 149 cm³/mol. The van der Waals surface area contributed by atoms with Crippen LogP contribution in [0.4, 0.5) is 5.82 Å². The summed E-state index contributed by atoms with van der Waals surface area (Å²) >= 11 is 0. The molecule has 0 radical (unpaired) electrons. The molecular formula is C28H36N4O5S. The van der Waals surface area contributed by atoms with Gasteiger partial charge >= 0.3 is 0 Å². The number of likely N-dealkylation sites (N-methyl/N-ethyl adjacent to an activating group) is 1. The van der Waals surface area contributed by atoms with Crippen LogP contribution in [-0.4, -0.2) is 76.1 Å². The third kappa shape index (κ3) is 6.68. The summed E-state index contributed by atoms with van der Waals surface area (Å²) in [7, 11) is 4.57. The van der Waals surface area contributed by atoms with Gasteiger partial charge in [-0.1, -0.05) is 6.07 Å². The molecule has 2 aromatic carbocycles. The maximum absolute atomic E-state index is 13.2. The van der Waals surface area contributed by atoms with E-state index in [1.165, 1.54) is 14.2 Å². The molecule has 0 unspecified atom stereocenters. The second-order valence-electron chi connectivity index (χ2n) is 9.73. The van der Waals surface area contributed by atoms with Crippen molar-refractivity contribution in [1.29, 1.82) is 0 Å². The van der Waals surface area contributed by atoms with E-state index in [9.17, 15) is 18.0 Å². The van der Waals surface area contributed by atoms with Crippen LogP contribution in [0.2, 0.25) is 0 Å². The van der Waals surface area contributed by atoms with Crippen LogP contribution >= 0.6 is 0 Å². The second-order valence-corrected chi connectivity index (χ2v) is 11.7. The largest absolute Gasteiger partial charge is 0.497 e. The van der Waals surface area contributed by atoms with E-state index in [1.807, 2.05) is 49.3 Å². The highest BCUT2D eigenvalue weighted by Gasteiger charge is 2.27. The number of hydrogen-bond acceptors (Lipinski definition) is 7. The van der Waals surface area contributed by atoms with Gasteiger partial charge in [0.15, 0.2) is 0 Å². The molecule has 10 heteroatoms. The smallest absolute Gasteiger partial charge is 0.243 e. The first kappa shape index (κ1) is 29.1.